The Morgan fingerprint density at radius 3 is 2.90 bits per heavy atom. The molecule has 0 radical (unpaired) electrons. The van der Waals surface area contributed by atoms with Gasteiger partial charge < -0.3 is 10.1 Å². The summed E-state index contributed by atoms with van der Waals surface area (Å²) in [7, 11) is 1.65. The number of likely N-dealkylation sites (N-methyl/N-ethyl adjacent to an activating group) is 1. The topological polar surface area (TPSA) is 21.3 Å². The van der Waals surface area contributed by atoms with Crippen molar-refractivity contribution in [3.63, 3.8) is 0 Å². The molecule has 108 valence electrons. The number of nitrogens with one attached hydrogen (secondary N) is 1. The van der Waals surface area contributed by atoms with E-state index in [9.17, 15) is 4.39 Å². The third-order valence-corrected chi connectivity index (χ3v) is 4.32. The highest BCUT2D eigenvalue weighted by Gasteiger charge is 2.19. The second-order valence-electron chi connectivity index (χ2n) is 4.40. The lowest BCUT2D eigenvalue weighted by Gasteiger charge is -2.18. The Morgan fingerprint density at radius 1 is 1.40 bits per heavy atom. The normalized spacial score (nSPS) is 12.4. The third kappa shape index (κ3) is 3.51. The quantitative estimate of drug-likeness (QED) is 0.851. The van der Waals surface area contributed by atoms with Gasteiger partial charge in [-0.2, -0.15) is 0 Å². The Labute approximate surface area is 127 Å². The summed E-state index contributed by atoms with van der Waals surface area (Å²) in [5.41, 5.74) is 0.610. The van der Waals surface area contributed by atoms with Crippen LogP contribution < -0.4 is 10.1 Å². The Bertz CT molecular complexity index is 573. The molecule has 1 aromatic carbocycles. The molecule has 1 N–H and O–H groups in total. The van der Waals surface area contributed by atoms with E-state index in [2.05, 4.69) is 5.32 Å². The van der Waals surface area contributed by atoms with Gasteiger partial charge in [-0.15, -0.1) is 11.3 Å². The fraction of sp³-hybridized carbons (Fsp3) is 0.333. The fourth-order valence-corrected chi connectivity index (χ4v) is 3.29. The number of ether oxygens (including phenoxy) is 1. The average Bonchev–Trinajstić information content (AvgIpc) is 2.90. The van der Waals surface area contributed by atoms with Crippen LogP contribution in [0.1, 0.15) is 23.4 Å². The van der Waals surface area contributed by atoms with E-state index in [1.807, 2.05) is 18.4 Å². The van der Waals surface area contributed by atoms with Crippen molar-refractivity contribution in [2.75, 3.05) is 13.7 Å². The van der Waals surface area contributed by atoms with Crippen LogP contribution >= 0.6 is 22.9 Å². The number of rotatable bonds is 6. The van der Waals surface area contributed by atoms with Crippen LogP contribution in [0.5, 0.6) is 5.75 Å². The summed E-state index contributed by atoms with van der Waals surface area (Å²) < 4.78 is 19.2. The van der Waals surface area contributed by atoms with Crippen molar-refractivity contribution < 1.29 is 9.13 Å². The van der Waals surface area contributed by atoms with Gasteiger partial charge in [0.25, 0.3) is 0 Å². The molecule has 2 rings (SSSR count). The molecule has 2 aromatic rings. The highest BCUT2D eigenvalue weighted by Crippen LogP contribution is 2.33. The first-order valence-electron chi connectivity index (χ1n) is 6.44. The lowest BCUT2D eigenvalue weighted by molar-refractivity contribution is 0.403. The molecule has 0 aliphatic rings. The van der Waals surface area contributed by atoms with Gasteiger partial charge in [0.1, 0.15) is 11.6 Å². The molecule has 1 heterocycles. The molecule has 1 atom stereocenters. The van der Waals surface area contributed by atoms with Crippen LogP contribution in [-0.4, -0.2) is 13.7 Å². The molecule has 0 aliphatic carbocycles. The second kappa shape index (κ2) is 7.07. The maximum atomic E-state index is 13.9. The van der Waals surface area contributed by atoms with Gasteiger partial charge in [-0.3, -0.25) is 0 Å². The van der Waals surface area contributed by atoms with E-state index in [0.29, 0.717) is 17.0 Å². The highest BCUT2D eigenvalue weighted by atomic mass is 35.5. The molecule has 2 nitrogen and oxygen atoms in total. The number of halogens is 2. The molecule has 1 unspecified atom stereocenters. The number of hydrogen-bond acceptors (Lipinski definition) is 3. The monoisotopic (exact) mass is 313 g/mol. The van der Waals surface area contributed by atoms with Crippen molar-refractivity contribution in [3.8, 4) is 5.75 Å². The van der Waals surface area contributed by atoms with Gasteiger partial charge in [0, 0.05) is 11.1 Å². The van der Waals surface area contributed by atoms with Gasteiger partial charge >= 0.3 is 0 Å². The zero-order valence-electron chi connectivity index (χ0n) is 11.5. The Morgan fingerprint density at radius 2 is 2.20 bits per heavy atom. The lowest BCUT2D eigenvalue weighted by atomic mass is 10.0. The summed E-state index contributed by atoms with van der Waals surface area (Å²) in [4.78, 5) is 1.08. The highest BCUT2D eigenvalue weighted by molar-refractivity contribution is 7.10. The van der Waals surface area contributed by atoms with Crippen LogP contribution in [0.3, 0.4) is 0 Å². The van der Waals surface area contributed by atoms with Crippen LogP contribution in [-0.2, 0) is 6.42 Å². The van der Waals surface area contributed by atoms with E-state index in [-0.39, 0.29) is 11.9 Å². The Hall–Kier alpha value is -1.10. The van der Waals surface area contributed by atoms with Gasteiger partial charge in [-0.1, -0.05) is 18.5 Å². The smallest absolute Gasteiger partial charge is 0.134 e. The largest absolute Gasteiger partial charge is 0.496 e. The first kappa shape index (κ1) is 15.3. The van der Waals surface area contributed by atoms with Gasteiger partial charge in [0.05, 0.1) is 12.0 Å². The molecule has 0 saturated carbocycles. The fourth-order valence-electron chi connectivity index (χ4n) is 2.16. The molecule has 0 fully saturated rings. The zero-order valence-corrected chi connectivity index (χ0v) is 13.0. The van der Waals surface area contributed by atoms with Gasteiger partial charge in [0.15, 0.2) is 0 Å². The van der Waals surface area contributed by atoms with Crippen LogP contribution in [0.2, 0.25) is 5.02 Å². The summed E-state index contributed by atoms with van der Waals surface area (Å²) in [5, 5.41) is 5.91. The van der Waals surface area contributed by atoms with Gasteiger partial charge in [-0.25, -0.2) is 4.39 Å². The molecule has 0 amide bonds. The summed E-state index contributed by atoms with van der Waals surface area (Å²) in [6.07, 6.45) is 0.539. The predicted molar refractivity (Wildman–Crippen MR) is 82.4 cm³/mol. The summed E-state index contributed by atoms with van der Waals surface area (Å²) >= 11 is 7.56. The predicted octanol–water partition coefficient (Wildman–Crippen LogP) is 4.44. The molecule has 5 heteroatoms. The van der Waals surface area contributed by atoms with Crippen molar-refractivity contribution in [2.24, 2.45) is 0 Å². The third-order valence-electron chi connectivity index (χ3n) is 3.08. The first-order chi connectivity index (χ1) is 9.65. The number of benzene rings is 1. The van der Waals surface area contributed by atoms with Crippen molar-refractivity contribution in [1.29, 1.82) is 0 Å². The SMILES string of the molecule is CCNC(Cc1cc(Cl)ccc1F)c1sccc1OC. The molecular formula is C15H17ClFNOS. The summed E-state index contributed by atoms with van der Waals surface area (Å²) in [5.74, 6) is 0.608. The molecular weight excluding hydrogens is 297 g/mol. The van der Waals surface area contributed by atoms with Crippen LogP contribution in [0.4, 0.5) is 4.39 Å². The summed E-state index contributed by atoms with van der Waals surface area (Å²) in [6, 6.07) is 6.60. The Balaban J connectivity index is 2.27. The van der Waals surface area contributed by atoms with Crippen molar-refractivity contribution >= 4 is 22.9 Å². The standard InChI is InChI=1S/C15H17ClFNOS/c1-3-18-13(15-14(19-2)6-7-20-15)9-10-8-11(16)4-5-12(10)17/h4-8,13,18H,3,9H2,1-2H3. The zero-order chi connectivity index (χ0) is 14.5. The number of methoxy groups -OCH3 is 1. The van der Waals surface area contributed by atoms with Gasteiger partial charge in [0.2, 0.25) is 0 Å². The van der Waals surface area contributed by atoms with Crippen LogP contribution in [0, 0.1) is 5.82 Å². The maximum absolute atomic E-state index is 13.9. The van der Waals surface area contributed by atoms with E-state index < -0.39 is 0 Å². The first-order valence-corrected chi connectivity index (χ1v) is 7.70. The van der Waals surface area contributed by atoms with Crippen LogP contribution in [0.25, 0.3) is 0 Å². The minimum absolute atomic E-state index is 0.0166. The molecule has 0 saturated heterocycles. The number of hydrogen-bond donors (Lipinski definition) is 1. The minimum atomic E-state index is -0.229. The van der Waals surface area contributed by atoms with Gasteiger partial charge in [-0.05, 0) is 48.2 Å². The molecule has 0 spiro atoms. The van der Waals surface area contributed by atoms with Crippen molar-refractivity contribution in [1.82, 2.24) is 5.32 Å². The molecule has 1 aromatic heterocycles. The summed E-state index contributed by atoms with van der Waals surface area (Å²) in [6.45, 7) is 2.83. The molecule has 0 aliphatic heterocycles. The van der Waals surface area contributed by atoms with Crippen molar-refractivity contribution in [3.05, 3.63) is 50.9 Å². The van der Waals surface area contributed by atoms with E-state index in [1.165, 1.54) is 6.07 Å². The van der Waals surface area contributed by atoms with E-state index in [0.717, 1.165) is 17.2 Å². The van der Waals surface area contributed by atoms with E-state index >= 15 is 0 Å². The number of thiophene rings is 1. The second-order valence-corrected chi connectivity index (χ2v) is 5.79. The average molecular weight is 314 g/mol. The molecule has 20 heavy (non-hydrogen) atoms. The van der Waals surface area contributed by atoms with E-state index in [1.54, 1.807) is 30.6 Å². The lowest BCUT2D eigenvalue weighted by Crippen LogP contribution is -2.23. The Kier molecular flexibility index (Phi) is 5.40. The van der Waals surface area contributed by atoms with E-state index in [4.69, 9.17) is 16.3 Å². The maximum Gasteiger partial charge on any atom is 0.134 e. The minimum Gasteiger partial charge on any atom is -0.496 e. The van der Waals surface area contributed by atoms with Crippen LogP contribution in [0.15, 0.2) is 29.6 Å². The molecule has 0 bridgehead atoms. The van der Waals surface area contributed by atoms with Crippen molar-refractivity contribution in [2.45, 2.75) is 19.4 Å².